The van der Waals surface area contributed by atoms with Gasteiger partial charge in [0.25, 0.3) is 0 Å². The number of benzene rings is 1. The molecule has 0 aliphatic carbocycles. The van der Waals surface area contributed by atoms with E-state index >= 15 is 0 Å². The number of anilines is 1. The Morgan fingerprint density at radius 3 is 2.55 bits per heavy atom. The first-order valence-corrected chi connectivity index (χ1v) is 8.86. The Morgan fingerprint density at radius 1 is 1.27 bits per heavy atom. The molecular formula is C17H21NO2S2. The molecule has 5 heteroatoms. The maximum Gasteiger partial charge on any atom is 0.350 e. The Hall–Kier alpha value is -1.46. The average molecular weight is 335 g/mol. The van der Waals surface area contributed by atoms with Gasteiger partial charge in [-0.2, -0.15) is 0 Å². The second-order valence-electron chi connectivity index (χ2n) is 5.62. The van der Waals surface area contributed by atoms with Crippen LogP contribution in [-0.4, -0.2) is 13.1 Å². The molecule has 0 aliphatic heterocycles. The molecular weight excluding hydrogens is 314 g/mol. The summed E-state index contributed by atoms with van der Waals surface area (Å²) in [6, 6.07) is 10.4. The zero-order valence-corrected chi connectivity index (χ0v) is 14.9. The number of ether oxygens (including phenoxy) is 1. The quantitative estimate of drug-likeness (QED) is 0.571. The first-order valence-electron chi connectivity index (χ1n) is 7.17. The van der Waals surface area contributed by atoms with Gasteiger partial charge in [0, 0.05) is 4.90 Å². The molecule has 1 aromatic carbocycles. The molecule has 0 saturated heterocycles. The van der Waals surface area contributed by atoms with E-state index in [0.29, 0.717) is 4.88 Å². The highest BCUT2D eigenvalue weighted by Crippen LogP contribution is 2.31. The maximum absolute atomic E-state index is 11.6. The number of hydrogen-bond acceptors (Lipinski definition) is 5. The van der Waals surface area contributed by atoms with Crippen LogP contribution in [0.25, 0.3) is 0 Å². The summed E-state index contributed by atoms with van der Waals surface area (Å²) < 4.78 is 8.00. The Bertz CT molecular complexity index is 632. The van der Waals surface area contributed by atoms with Gasteiger partial charge in [-0.3, -0.25) is 0 Å². The minimum absolute atomic E-state index is 0.196. The minimum Gasteiger partial charge on any atom is -0.465 e. The van der Waals surface area contributed by atoms with Crippen LogP contribution in [0.5, 0.6) is 0 Å². The summed E-state index contributed by atoms with van der Waals surface area (Å²) in [6.45, 7) is 6.71. The Kier molecular flexibility index (Phi) is 5.53. The van der Waals surface area contributed by atoms with Crippen LogP contribution in [0.2, 0.25) is 0 Å². The molecule has 0 bridgehead atoms. The molecule has 2 rings (SSSR count). The summed E-state index contributed by atoms with van der Waals surface area (Å²) in [7, 11) is 1.40. The molecule has 0 amide bonds. The summed E-state index contributed by atoms with van der Waals surface area (Å²) in [5, 5.41) is 1.88. The van der Waals surface area contributed by atoms with Crippen molar-refractivity contribution in [1.82, 2.24) is 0 Å². The van der Waals surface area contributed by atoms with Gasteiger partial charge in [0.2, 0.25) is 0 Å². The lowest BCUT2D eigenvalue weighted by Gasteiger charge is -2.23. The van der Waals surface area contributed by atoms with Crippen molar-refractivity contribution in [3.63, 3.8) is 0 Å². The average Bonchev–Trinajstić information content (AvgIpc) is 3.01. The normalized spacial score (nSPS) is 11.3. The van der Waals surface area contributed by atoms with E-state index in [-0.39, 0.29) is 11.4 Å². The number of rotatable bonds is 6. The van der Waals surface area contributed by atoms with Gasteiger partial charge >= 0.3 is 5.97 Å². The summed E-state index contributed by atoms with van der Waals surface area (Å²) >= 11 is 2.87. The van der Waals surface area contributed by atoms with Gasteiger partial charge in [-0.05, 0) is 52.9 Å². The lowest BCUT2D eigenvalue weighted by Crippen LogP contribution is -2.14. The predicted octanol–water partition coefficient (Wildman–Crippen LogP) is 5.34. The molecule has 22 heavy (non-hydrogen) atoms. The fourth-order valence-corrected chi connectivity index (χ4v) is 3.43. The van der Waals surface area contributed by atoms with Crippen LogP contribution in [0.15, 0.2) is 40.6 Å². The van der Waals surface area contributed by atoms with Crippen molar-refractivity contribution in [3.05, 3.63) is 46.2 Å². The third kappa shape index (κ3) is 3.84. The predicted molar refractivity (Wildman–Crippen MR) is 94.9 cm³/mol. The molecule has 0 atom stereocenters. The molecule has 2 aromatic rings. The van der Waals surface area contributed by atoms with Crippen LogP contribution in [0, 0.1) is 0 Å². The fourth-order valence-electron chi connectivity index (χ4n) is 1.93. The molecule has 0 unspecified atom stereocenters. The van der Waals surface area contributed by atoms with Crippen LogP contribution in [-0.2, 0) is 10.2 Å². The first kappa shape index (κ1) is 16.9. The van der Waals surface area contributed by atoms with Crippen molar-refractivity contribution >= 4 is 34.9 Å². The van der Waals surface area contributed by atoms with Crippen molar-refractivity contribution in [3.8, 4) is 0 Å². The molecule has 1 heterocycles. The van der Waals surface area contributed by atoms with Gasteiger partial charge in [-0.25, -0.2) is 4.79 Å². The van der Waals surface area contributed by atoms with Crippen molar-refractivity contribution in [1.29, 1.82) is 0 Å². The fraction of sp³-hybridized carbons (Fsp3) is 0.353. The van der Waals surface area contributed by atoms with Gasteiger partial charge in [0.05, 0.1) is 12.8 Å². The van der Waals surface area contributed by atoms with Crippen LogP contribution in [0.1, 0.15) is 42.4 Å². The highest BCUT2D eigenvalue weighted by Gasteiger charge is 2.17. The molecule has 1 aromatic heterocycles. The van der Waals surface area contributed by atoms with Crippen LogP contribution in [0.4, 0.5) is 5.69 Å². The molecule has 3 nitrogen and oxygen atoms in total. The van der Waals surface area contributed by atoms with E-state index in [1.165, 1.54) is 36.0 Å². The molecule has 0 aliphatic rings. The summed E-state index contributed by atoms with van der Waals surface area (Å²) in [6.07, 6.45) is 1.11. The highest BCUT2D eigenvalue weighted by molar-refractivity contribution is 8.00. The zero-order valence-electron chi connectivity index (χ0n) is 13.3. The second kappa shape index (κ2) is 7.20. The van der Waals surface area contributed by atoms with E-state index in [9.17, 15) is 4.79 Å². The van der Waals surface area contributed by atoms with E-state index in [2.05, 4.69) is 49.8 Å². The second-order valence-corrected chi connectivity index (χ2v) is 7.42. The first-order chi connectivity index (χ1) is 10.5. The number of thiophene rings is 1. The number of carbonyl (C=O) groups excluding carboxylic acids is 1. The van der Waals surface area contributed by atoms with Crippen molar-refractivity contribution in [2.24, 2.45) is 0 Å². The third-order valence-electron chi connectivity index (χ3n) is 3.83. The number of carbonyl (C=O) groups is 1. The summed E-state index contributed by atoms with van der Waals surface area (Å²) in [4.78, 5) is 13.3. The summed E-state index contributed by atoms with van der Waals surface area (Å²) in [5.41, 5.74) is 2.33. The van der Waals surface area contributed by atoms with Crippen molar-refractivity contribution < 1.29 is 9.53 Å². The molecule has 0 saturated carbocycles. The van der Waals surface area contributed by atoms with Gasteiger partial charge in [0.15, 0.2) is 0 Å². The van der Waals surface area contributed by atoms with E-state index in [4.69, 9.17) is 4.74 Å². The third-order valence-corrected chi connectivity index (χ3v) is 5.56. The molecule has 0 fully saturated rings. The van der Waals surface area contributed by atoms with Gasteiger partial charge in [-0.1, -0.05) is 32.9 Å². The number of esters is 1. The lowest BCUT2D eigenvalue weighted by atomic mass is 9.82. The highest BCUT2D eigenvalue weighted by atomic mass is 32.2. The van der Waals surface area contributed by atoms with Crippen LogP contribution >= 0.6 is 23.3 Å². The van der Waals surface area contributed by atoms with Crippen molar-refractivity contribution in [2.45, 2.75) is 37.5 Å². The van der Waals surface area contributed by atoms with Crippen LogP contribution < -0.4 is 4.72 Å². The van der Waals surface area contributed by atoms with E-state index in [1.807, 2.05) is 11.4 Å². The van der Waals surface area contributed by atoms with E-state index in [0.717, 1.165) is 17.0 Å². The number of hydrogen-bond donors (Lipinski definition) is 1. The minimum atomic E-state index is -0.307. The van der Waals surface area contributed by atoms with E-state index < -0.39 is 0 Å². The Morgan fingerprint density at radius 2 is 1.95 bits per heavy atom. The zero-order chi connectivity index (χ0) is 16.2. The maximum atomic E-state index is 11.6. The van der Waals surface area contributed by atoms with E-state index in [1.54, 1.807) is 0 Å². The molecule has 118 valence electrons. The van der Waals surface area contributed by atoms with Gasteiger partial charge in [-0.15, -0.1) is 11.3 Å². The van der Waals surface area contributed by atoms with Gasteiger partial charge in [0.1, 0.15) is 4.88 Å². The van der Waals surface area contributed by atoms with Gasteiger partial charge < -0.3 is 9.46 Å². The molecule has 0 spiro atoms. The monoisotopic (exact) mass is 335 g/mol. The SMILES string of the molecule is CCC(C)(C)c1ccc(SNc2ccsc2C(=O)OC)cc1. The number of nitrogens with one attached hydrogen (secondary N) is 1. The standard InChI is InChI=1S/C17H21NO2S2/c1-5-17(2,3)12-6-8-13(9-7-12)22-18-14-10-11-21-15(14)16(19)20-4/h6-11,18H,5H2,1-4H3. The Balaban J connectivity index is 2.04. The largest absolute Gasteiger partial charge is 0.465 e. The summed E-state index contributed by atoms with van der Waals surface area (Å²) in [5.74, 6) is -0.307. The number of methoxy groups -OCH3 is 1. The van der Waals surface area contributed by atoms with Crippen LogP contribution in [0.3, 0.4) is 0 Å². The Labute approximate surface area is 140 Å². The molecule has 0 radical (unpaired) electrons. The topological polar surface area (TPSA) is 38.3 Å². The lowest BCUT2D eigenvalue weighted by molar-refractivity contribution is 0.0607. The smallest absolute Gasteiger partial charge is 0.350 e. The molecule has 1 N–H and O–H groups in total. The van der Waals surface area contributed by atoms with Crippen molar-refractivity contribution in [2.75, 3.05) is 11.8 Å².